The maximum Gasteiger partial charge on any atom is 0.256 e. The Kier molecular flexibility index (Phi) is 5.15. The summed E-state index contributed by atoms with van der Waals surface area (Å²) in [5.41, 5.74) is 3.50. The Morgan fingerprint density at radius 2 is 1.94 bits per heavy atom. The van der Waals surface area contributed by atoms with Crippen molar-refractivity contribution in [1.82, 2.24) is 14.8 Å². The monoisotopic (exact) mass is 439 g/mol. The molecule has 0 unspecified atom stereocenters. The van der Waals surface area contributed by atoms with Gasteiger partial charge in [-0.1, -0.05) is 6.07 Å². The molecule has 0 atom stereocenters. The van der Waals surface area contributed by atoms with Gasteiger partial charge in [0.05, 0.1) is 34.5 Å². The number of nitriles is 1. The van der Waals surface area contributed by atoms with E-state index in [1.807, 2.05) is 32.0 Å². The summed E-state index contributed by atoms with van der Waals surface area (Å²) < 4.78 is 13.1. The van der Waals surface area contributed by atoms with Gasteiger partial charge in [0.1, 0.15) is 13.2 Å². The van der Waals surface area contributed by atoms with Crippen LogP contribution in [-0.4, -0.2) is 33.9 Å². The number of benzene rings is 2. The SMILES string of the molecule is CC(C)n1ncc2c(C(=O)Nc3cccc(C#N)c3)cc(-c3ccc4c(c3)OCCO4)nc21. The number of carbonyl (C=O) groups excluding carboxylic acids is 1. The van der Waals surface area contributed by atoms with Crippen molar-refractivity contribution in [2.75, 3.05) is 18.5 Å². The standard InChI is InChI=1S/C25H21N5O3/c1-15(2)30-24-20(14-27-30)19(25(31)28-18-5-3-4-16(10-18)13-26)12-21(29-24)17-6-7-22-23(11-17)33-9-8-32-22/h3-7,10-12,14-15H,8-9H2,1-2H3,(H,28,31). The summed E-state index contributed by atoms with van der Waals surface area (Å²) in [6.07, 6.45) is 1.66. The number of nitrogens with zero attached hydrogens (tertiary/aromatic N) is 4. The van der Waals surface area contributed by atoms with Crippen molar-refractivity contribution in [2.24, 2.45) is 0 Å². The lowest BCUT2D eigenvalue weighted by molar-refractivity contribution is 0.102. The zero-order chi connectivity index (χ0) is 22.9. The average molecular weight is 439 g/mol. The molecule has 8 heteroatoms. The highest BCUT2D eigenvalue weighted by atomic mass is 16.6. The number of hydrogen-bond acceptors (Lipinski definition) is 6. The first-order valence-electron chi connectivity index (χ1n) is 10.6. The highest BCUT2D eigenvalue weighted by molar-refractivity contribution is 6.12. The third-order valence-electron chi connectivity index (χ3n) is 5.39. The molecule has 0 fully saturated rings. The van der Waals surface area contributed by atoms with E-state index in [-0.39, 0.29) is 11.9 Å². The first-order chi connectivity index (χ1) is 16.0. The van der Waals surface area contributed by atoms with E-state index >= 15 is 0 Å². The van der Waals surface area contributed by atoms with Crippen molar-refractivity contribution in [3.63, 3.8) is 0 Å². The molecule has 33 heavy (non-hydrogen) atoms. The van der Waals surface area contributed by atoms with Crippen molar-refractivity contribution < 1.29 is 14.3 Å². The lowest BCUT2D eigenvalue weighted by Crippen LogP contribution is -2.15. The molecule has 2 aromatic heterocycles. The van der Waals surface area contributed by atoms with Crippen LogP contribution in [0.2, 0.25) is 0 Å². The lowest BCUT2D eigenvalue weighted by atomic mass is 10.1. The molecule has 1 N–H and O–H groups in total. The van der Waals surface area contributed by atoms with Gasteiger partial charge in [-0.05, 0) is 56.3 Å². The number of pyridine rings is 1. The van der Waals surface area contributed by atoms with E-state index < -0.39 is 0 Å². The van der Waals surface area contributed by atoms with Crippen LogP contribution in [0.3, 0.4) is 0 Å². The van der Waals surface area contributed by atoms with Gasteiger partial charge in [-0.3, -0.25) is 4.79 Å². The van der Waals surface area contributed by atoms with Crippen LogP contribution < -0.4 is 14.8 Å². The van der Waals surface area contributed by atoms with E-state index in [4.69, 9.17) is 19.7 Å². The average Bonchev–Trinajstić information content (AvgIpc) is 3.27. The van der Waals surface area contributed by atoms with Crippen molar-refractivity contribution in [3.8, 4) is 28.8 Å². The number of aromatic nitrogens is 3. The van der Waals surface area contributed by atoms with E-state index in [1.165, 1.54) is 0 Å². The Labute approximate surface area is 190 Å². The van der Waals surface area contributed by atoms with Gasteiger partial charge in [0, 0.05) is 17.3 Å². The van der Waals surface area contributed by atoms with Gasteiger partial charge in [-0.15, -0.1) is 0 Å². The van der Waals surface area contributed by atoms with Crippen molar-refractivity contribution in [3.05, 3.63) is 65.9 Å². The maximum atomic E-state index is 13.3. The summed E-state index contributed by atoms with van der Waals surface area (Å²) in [5.74, 6) is 1.03. The summed E-state index contributed by atoms with van der Waals surface area (Å²) in [4.78, 5) is 18.2. The molecule has 1 amide bonds. The minimum Gasteiger partial charge on any atom is -0.486 e. The molecule has 0 spiro atoms. The fourth-order valence-electron chi connectivity index (χ4n) is 3.80. The van der Waals surface area contributed by atoms with E-state index in [9.17, 15) is 4.79 Å². The van der Waals surface area contributed by atoms with Crippen LogP contribution in [0.5, 0.6) is 11.5 Å². The van der Waals surface area contributed by atoms with Gasteiger partial charge >= 0.3 is 0 Å². The number of ether oxygens (including phenoxy) is 2. The molecule has 3 heterocycles. The molecule has 5 rings (SSSR count). The predicted molar refractivity (Wildman–Crippen MR) is 123 cm³/mol. The molecular formula is C25H21N5O3. The Balaban J connectivity index is 1.62. The number of fused-ring (bicyclic) bond motifs is 2. The van der Waals surface area contributed by atoms with E-state index in [0.717, 1.165) is 5.56 Å². The van der Waals surface area contributed by atoms with Crippen LogP contribution in [-0.2, 0) is 0 Å². The van der Waals surface area contributed by atoms with Crippen molar-refractivity contribution in [1.29, 1.82) is 5.26 Å². The second-order valence-electron chi connectivity index (χ2n) is 7.98. The molecule has 1 aliphatic heterocycles. The zero-order valence-electron chi connectivity index (χ0n) is 18.2. The zero-order valence-corrected chi connectivity index (χ0v) is 18.2. The molecular weight excluding hydrogens is 418 g/mol. The van der Waals surface area contributed by atoms with E-state index in [0.29, 0.717) is 58.3 Å². The molecule has 164 valence electrons. The molecule has 0 saturated carbocycles. The highest BCUT2D eigenvalue weighted by Crippen LogP contribution is 2.35. The van der Waals surface area contributed by atoms with Crippen molar-refractivity contribution >= 4 is 22.6 Å². The number of rotatable bonds is 4. The third-order valence-corrected chi connectivity index (χ3v) is 5.39. The Morgan fingerprint density at radius 1 is 1.12 bits per heavy atom. The van der Waals surface area contributed by atoms with Crippen molar-refractivity contribution in [2.45, 2.75) is 19.9 Å². The second kappa shape index (κ2) is 8.28. The lowest BCUT2D eigenvalue weighted by Gasteiger charge is -2.19. The first-order valence-corrected chi connectivity index (χ1v) is 10.6. The van der Waals surface area contributed by atoms with Gasteiger partial charge in [0.25, 0.3) is 5.91 Å². The van der Waals surface area contributed by atoms with Gasteiger partial charge in [0.15, 0.2) is 17.1 Å². The minimum atomic E-state index is -0.306. The summed E-state index contributed by atoms with van der Waals surface area (Å²) in [5, 5.41) is 17.2. The summed E-state index contributed by atoms with van der Waals surface area (Å²) in [6.45, 7) is 5.02. The van der Waals surface area contributed by atoms with E-state index in [2.05, 4.69) is 16.5 Å². The molecule has 2 aromatic carbocycles. The van der Waals surface area contributed by atoms with Crippen LogP contribution in [0.25, 0.3) is 22.3 Å². The smallest absolute Gasteiger partial charge is 0.256 e. The largest absolute Gasteiger partial charge is 0.486 e. The van der Waals surface area contributed by atoms with Crippen LogP contribution >= 0.6 is 0 Å². The quantitative estimate of drug-likeness (QED) is 0.500. The number of nitrogens with one attached hydrogen (secondary N) is 1. The molecule has 8 nitrogen and oxygen atoms in total. The molecule has 4 aromatic rings. The number of carbonyl (C=O) groups is 1. The number of amides is 1. The van der Waals surface area contributed by atoms with Crippen LogP contribution in [0.15, 0.2) is 54.7 Å². The normalized spacial score (nSPS) is 12.5. The fraction of sp³-hybridized carbons (Fsp3) is 0.200. The third kappa shape index (κ3) is 3.85. The summed E-state index contributed by atoms with van der Waals surface area (Å²) in [6, 6.07) is 16.3. The maximum absolute atomic E-state index is 13.3. The van der Waals surface area contributed by atoms with Gasteiger partial charge in [-0.2, -0.15) is 10.4 Å². The minimum absolute atomic E-state index is 0.0636. The molecule has 0 bridgehead atoms. The summed E-state index contributed by atoms with van der Waals surface area (Å²) >= 11 is 0. The molecule has 0 radical (unpaired) electrons. The predicted octanol–water partition coefficient (Wildman–Crippen LogP) is 4.57. The topological polar surface area (TPSA) is 102 Å². The van der Waals surface area contributed by atoms with Gasteiger partial charge in [0.2, 0.25) is 0 Å². The van der Waals surface area contributed by atoms with E-state index in [1.54, 1.807) is 41.2 Å². The number of hydrogen-bond donors (Lipinski definition) is 1. The number of anilines is 1. The molecule has 1 aliphatic rings. The Bertz CT molecular complexity index is 1420. The van der Waals surface area contributed by atoms with Gasteiger partial charge < -0.3 is 14.8 Å². The molecule has 0 aliphatic carbocycles. The van der Waals surface area contributed by atoms with Crippen LogP contribution in [0, 0.1) is 11.3 Å². The first kappa shape index (κ1) is 20.5. The Morgan fingerprint density at radius 3 is 2.73 bits per heavy atom. The highest BCUT2D eigenvalue weighted by Gasteiger charge is 2.20. The summed E-state index contributed by atoms with van der Waals surface area (Å²) in [7, 11) is 0. The van der Waals surface area contributed by atoms with Crippen LogP contribution in [0.4, 0.5) is 5.69 Å². The van der Waals surface area contributed by atoms with Crippen LogP contribution in [0.1, 0.15) is 35.8 Å². The Hall–Kier alpha value is -4.38. The second-order valence-corrected chi connectivity index (χ2v) is 7.98. The fourth-order valence-corrected chi connectivity index (χ4v) is 3.80. The molecule has 0 saturated heterocycles. The van der Waals surface area contributed by atoms with Gasteiger partial charge in [-0.25, -0.2) is 9.67 Å².